The van der Waals surface area contributed by atoms with Crippen molar-refractivity contribution in [1.82, 2.24) is 0 Å². The monoisotopic (exact) mass is 389 g/mol. The predicted molar refractivity (Wildman–Crippen MR) is 112 cm³/mol. The molecule has 0 heterocycles. The Labute approximate surface area is 167 Å². The number of unbranched alkanes of at least 4 members (excludes halogenated alkanes) is 11. The number of nitro groups is 2. The van der Waals surface area contributed by atoms with Gasteiger partial charge in [0.25, 0.3) is 11.4 Å². The van der Waals surface area contributed by atoms with Crippen LogP contribution in [0.25, 0.3) is 0 Å². The van der Waals surface area contributed by atoms with Crippen molar-refractivity contribution in [3.05, 3.63) is 37.9 Å². The van der Waals surface area contributed by atoms with E-state index in [0.717, 1.165) is 12.8 Å². The predicted octanol–water partition coefficient (Wildman–Crippen LogP) is 6.14. The van der Waals surface area contributed by atoms with Gasteiger partial charge >= 0.3 is 0 Å². The molecule has 1 aromatic rings. The second-order valence-electron chi connectivity index (χ2n) is 7.03. The maximum Gasteiger partial charge on any atom is 0.300 e. The molecule has 0 aromatic heterocycles. The summed E-state index contributed by atoms with van der Waals surface area (Å²) in [5.74, 6) is 5.73. The molecule has 0 amide bonds. The van der Waals surface area contributed by atoms with Gasteiger partial charge in [-0.1, -0.05) is 83.0 Å². The van der Waals surface area contributed by atoms with Crippen LogP contribution in [0.3, 0.4) is 0 Å². The maximum absolute atomic E-state index is 11.0. The van der Waals surface area contributed by atoms with Gasteiger partial charge < -0.3 is 5.73 Å². The average molecular weight is 389 g/mol. The summed E-state index contributed by atoms with van der Waals surface area (Å²) in [6, 6.07) is 2.38. The maximum atomic E-state index is 11.0. The highest BCUT2D eigenvalue weighted by molar-refractivity contribution is 5.73. The molecule has 7 nitrogen and oxygen atoms in total. The third-order valence-corrected chi connectivity index (χ3v) is 4.67. The van der Waals surface area contributed by atoms with Crippen LogP contribution >= 0.6 is 0 Å². The lowest BCUT2D eigenvalue weighted by atomic mass is 10.1. The lowest BCUT2D eigenvalue weighted by Crippen LogP contribution is -2.01. The van der Waals surface area contributed by atoms with Gasteiger partial charge in [-0.2, -0.15) is 0 Å². The normalized spacial score (nSPS) is 10.3. The average Bonchev–Trinajstić information content (AvgIpc) is 2.66. The Bertz CT molecular complexity index is 672. The molecule has 0 spiro atoms. The topological polar surface area (TPSA) is 112 Å². The lowest BCUT2D eigenvalue weighted by molar-refractivity contribution is -0.392. The summed E-state index contributed by atoms with van der Waals surface area (Å²) in [7, 11) is 0. The number of benzene rings is 1. The van der Waals surface area contributed by atoms with Gasteiger partial charge in [0.1, 0.15) is 0 Å². The van der Waals surface area contributed by atoms with E-state index in [1.54, 1.807) is 0 Å². The van der Waals surface area contributed by atoms with E-state index in [0.29, 0.717) is 6.42 Å². The molecule has 0 saturated heterocycles. The van der Waals surface area contributed by atoms with Gasteiger partial charge in [-0.25, -0.2) is 0 Å². The van der Waals surface area contributed by atoms with Gasteiger partial charge in [-0.15, -0.1) is 0 Å². The fourth-order valence-corrected chi connectivity index (χ4v) is 3.04. The van der Waals surface area contributed by atoms with E-state index < -0.39 is 26.9 Å². The first kappa shape index (κ1) is 23.4. The molecular weight excluding hydrogens is 358 g/mol. The number of rotatable bonds is 13. The molecule has 154 valence electrons. The zero-order chi connectivity index (χ0) is 20.8. The summed E-state index contributed by atoms with van der Waals surface area (Å²) in [5, 5.41) is 22.0. The highest BCUT2D eigenvalue weighted by Crippen LogP contribution is 2.32. The van der Waals surface area contributed by atoms with E-state index >= 15 is 0 Å². The van der Waals surface area contributed by atoms with E-state index in [2.05, 4.69) is 18.8 Å². The fourth-order valence-electron chi connectivity index (χ4n) is 3.04. The van der Waals surface area contributed by atoms with Crippen molar-refractivity contribution in [2.75, 3.05) is 5.73 Å². The molecule has 28 heavy (non-hydrogen) atoms. The summed E-state index contributed by atoms with van der Waals surface area (Å²) >= 11 is 0. The van der Waals surface area contributed by atoms with Crippen LogP contribution in [0.4, 0.5) is 17.1 Å². The molecule has 0 unspecified atom stereocenters. The second-order valence-corrected chi connectivity index (χ2v) is 7.03. The van der Waals surface area contributed by atoms with E-state index in [-0.39, 0.29) is 5.56 Å². The highest BCUT2D eigenvalue weighted by Gasteiger charge is 2.23. The van der Waals surface area contributed by atoms with Gasteiger partial charge in [0.2, 0.25) is 0 Å². The van der Waals surface area contributed by atoms with Gasteiger partial charge in [-0.3, -0.25) is 20.2 Å². The third kappa shape index (κ3) is 8.85. The van der Waals surface area contributed by atoms with Crippen LogP contribution in [0.1, 0.15) is 89.5 Å². The molecule has 0 aliphatic heterocycles. The van der Waals surface area contributed by atoms with Crippen molar-refractivity contribution in [3.8, 4) is 11.8 Å². The van der Waals surface area contributed by atoms with Crippen molar-refractivity contribution in [2.45, 2.75) is 84.0 Å². The number of nitrogens with zero attached hydrogens (tertiary/aromatic N) is 2. The number of nitro benzene ring substituents is 2. The second kappa shape index (κ2) is 13.5. The first-order valence-corrected chi connectivity index (χ1v) is 10.2. The van der Waals surface area contributed by atoms with E-state index in [9.17, 15) is 20.2 Å². The number of hydrogen-bond donors (Lipinski definition) is 1. The molecule has 0 saturated carbocycles. The molecule has 0 radical (unpaired) electrons. The minimum atomic E-state index is -0.725. The molecule has 7 heteroatoms. The molecule has 0 aliphatic rings. The van der Waals surface area contributed by atoms with Gasteiger partial charge in [0.05, 0.1) is 9.85 Å². The van der Waals surface area contributed by atoms with Crippen LogP contribution in [-0.4, -0.2) is 9.85 Å². The van der Waals surface area contributed by atoms with Crippen LogP contribution in [0.2, 0.25) is 0 Å². The van der Waals surface area contributed by atoms with Gasteiger partial charge in [0.15, 0.2) is 5.69 Å². The summed E-state index contributed by atoms with van der Waals surface area (Å²) < 4.78 is 0. The molecule has 0 fully saturated rings. The van der Waals surface area contributed by atoms with Crippen LogP contribution < -0.4 is 5.73 Å². The van der Waals surface area contributed by atoms with Crippen LogP contribution in [0.5, 0.6) is 0 Å². The van der Waals surface area contributed by atoms with Crippen molar-refractivity contribution in [3.63, 3.8) is 0 Å². The number of nitrogens with two attached hydrogens (primary N) is 1. The van der Waals surface area contributed by atoms with Gasteiger partial charge in [0, 0.05) is 24.1 Å². The third-order valence-electron chi connectivity index (χ3n) is 4.67. The van der Waals surface area contributed by atoms with Crippen molar-refractivity contribution >= 4 is 17.1 Å². The minimum absolute atomic E-state index is 0.246. The Morgan fingerprint density at radius 3 is 1.68 bits per heavy atom. The fraction of sp³-hybridized carbons (Fsp3) is 0.619. The number of anilines is 1. The molecule has 0 bridgehead atoms. The standard InChI is InChI=1S/C21H31N3O4/c1-2-3-4-5-6-7-8-9-10-11-12-13-14-15-18-16-19(23(25)26)21(22)20(17-18)24(27)28/h16-17H,2-13,22H2,1H3. The Hall–Kier alpha value is -2.62. The minimum Gasteiger partial charge on any atom is -0.387 e. The first-order chi connectivity index (χ1) is 13.5. The van der Waals surface area contributed by atoms with E-state index in [1.807, 2.05) is 0 Å². The van der Waals surface area contributed by atoms with Crippen molar-refractivity contribution in [1.29, 1.82) is 0 Å². The molecule has 1 aromatic carbocycles. The Kier molecular flexibility index (Phi) is 11.3. The smallest absolute Gasteiger partial charge is 0.300 e. The van der Waals surface area contributed by atoms with Crippen LogP contribution in [-0.2, 0) is 0 Å². The zero-order valence-corrected chi connectivity index (χ0v) is 16.7. The number of hydrogen-bond acceptors (Lipinski definition) is 5. The molecular formula is C21H31N3O4. The molecule has 2 N–H and O–H groups in total. The molecule has 1 rings (SSSR count). The molecule has 0 aliphatic carbocycles. The van der Waals surface area contributed by atoms with E-state index in [4.69, 9.17) is 5.73 Å². The highest BCUT2D eigenvalue weighted by atomic mass is 16.6. The van der Waals surface area contributed by atoms with Gasteiger partial charge in [-0.05, 0) is 6.42 Å². The first-order valence-electron chi connectivity index (χ1n) is 10.2. The van der Waals surface area contributed by atoms with E-state index in [1.165, 1.54) is 69.9 Å². The summed E-state index contributed by atoms with van der Waals surface area (Å²) in [6.07, 6.45) is 14.5. The van der Waals surface area contributed by atoms with Crippen molar-refractivity contribution in [2.24, 2.45) is 0 Å². The Balaban J connectivity index is 2.32. The lowest BCUT2D eigenvalue weighted by Gasteiger charge is -2.01. The largest absolute Gasteiger partial charge is 0.387 e. The summed E-state index contributed by atoms with van der Waals surface area (Å²) in [4.78, 5) is 20.5. The Morgan fingerprint density at radius 2 is 1.25 bits per heavy atom. The van der Waals surface area contributed by atoms with Crippen LogP contribution in [0.15, 0.2) is 12.1 Å². The zero-order valence-electron chi connectivity index (χ0n) is 16.7. The van der Waals surface area contributed by atoms with Crippen LogP contribution in [0, 0.1) is 32.1 Å². The van der Waals surface area contributed by atoms with Crippen molar-refractivity contribution < 1.29 is 9.85 Å². The number of nitrogen functional groups attached to an aromatic ring is 1. The quantitative estimate of drug-likeness (QED) is 0.143. The summed E-state index contributed by atoms with van der Waals surface area (Å²) in [5.41, 5.74) is 4.35. The summed E-state index contributed by atoms with van der Waals surface area (Å²) in [6.45, 7) is 2.23. The molecule has 0 atom stereocenters. The SMILES string of the molecule is CCCCCCCCCCCCCC#Cc1cc([N+](=O)[O-])c(N)c([N+](=O)[O-])c1. The Morgan fingerprint density at radius 1 is 0.821 bits per heavy atom.